The number of aryl methyl sites for hydroxylation is 1. The van der Waals surface area contributed by atoms with Crippen molar-refractivity contribution >= 4 is 29.2 Å². The Morgan fingerprint density at radius 2 is 1.88 bits per heavy atom. The number of nitrogens with one attached hydrogen (secondary N) is 1. The van der Waals surface area contributed by atoms with Crippen molar-refractivity contribution in [1.29, 1.82) is 0 Å². The summed E-state index contributed by atoms with van der Waals surface area (Å²) in [7, 11) is 0. The molecule has 24 heavy (non-hydrogen) atoms. The Hall–Kier alpha value is -2.37. The number of anilines is 1. The topological polar surface area (TPSA) is 75.6 Å². The van der Waals surface area contributed by atoms with Crippen LogP contribution in [0.25, 0.3) is 0 Å². The number of benzene rings is 2. The minimum absolute atomic E-state index is 0.104. The predicted molar refractivity (Wildman–Crippen MR) is 92.1 cm³/mol. The Labute approximate surface area is 145 Å². The highest BCUT2D eigenvalue weighted by atomic mass is 35.5. The van der Waals surface area contributed by atoms with Crippen LogP contribution in [0.4, 0.5) is 5.69 Å². The molecule has 0 unspecified atom stereocenters. The molecule has 1 amide bonds. The van der Waals surface area contributed by atoms with E-state index < -0.39 is 18.0 Å². The van der Waals surface area contributed by atoms with Gasteiger partial charge in [0.25, 0.3) is 5.91 Å². The summed E-state index contributed by atoms with van der Waals surface area (Å²) in [4.78, 5) is 24.2. The minimum atomic E-state index is -0.964. The lowest BCUT2D eigenvalue weighted by Crippen LogP contribution is -2.30. The average Bonchev–Trinajstić information content (AvgIpc) is 2.58. The van der Waals surface area contributed by atoms with Crippen molar-refractivity contribution in [2.24, 2.45) is 0 Å². The standard InChI is InChI=1S/C18H18ClNO4/c1-11-3-8-15(19)9-16(11)20-17(22)12(2)24-18(23)14-6-4-13(10-21)5-7-14/h3-9,12,21H,10H2,1-2H3,(H,20,22)/t12-/m0/s1. The molecule has 6 heteroatoms. The van der Waals surface area contributed by atoms with Gasteiger partial charge in [0.05, 0.1) is 12.2 Å². The molecule has 2 aromatic rings. The highest BCUT2D eigenvalue weighted by Crippen LogP contribution is 2.20. The second kappa shape index (κ2) is 7.95. The Balaban J connectivity index is 1.99. The van der Waals surface area contributed by atoms with Crippen LogP contribution in [0.1, 0.15) is 28.4 Å². The molecule has 1 atom stereocenters. The normalized spacial score (nSPS) is 11.7. The number of carbonyl (C=O) groups excluding carboxylic acids is 2. The zero-order valence-electron chi connectivity index (χ0n) is 13.4. The molecule has 2 N–H and O–H groups in total. The first-order chi connectivity index (χ1) is 11.4. The first kappa shape index (κ1) is 18.0. The number of halogens is 1. The third-order valence-electron chi connectivity index (χ3n) is 3.48. The zero-order chi connectivity index (χ0) is 17.7. The van der Waals surface area contributed by atoms with Crippen LogP contribution in [0.2, 0.25) is 5.02 Å². The van der Waals surface area contributed by atoms with E-state index in [1.54, 1.807) is 42.5 Å². The number of hydrogen-bond donors (Lipinski definition) is 2. The van der Waals surface area contributed by atoms with Gasteiger partial charge >= 0.3 is 5.97 Å². The SMILES string of the molecule is Cc1ccc(Cl)cc1NC(=O)[C@H](C)OC(=O)c1ccc(CO)cc1. The van der Waals surface area contributed by atoms with Crippen LogP contribution in [0, 0.1) is 6.92 Å². The van der Waals surface area contributed by atoms with Crippen LogP contribution >= 0.6 is 11.6 Å². The van der Waals surface area contributed by atoms with Crippen LogP contribution in [-0.2, 0) is 16.1 Å². The van der Waals surface area contributed by atoms with Gasteiger partial charge in [0.2, 0.25) is 0 Å². The number of ether oxygens (including phenoxy) is 1. The Morgan fingerprint density at radius 3 is 2.50 bits per heavy atom. The van der Waals surface area contributed by atoms with Crippen LogP contribution in [0.5, 0.6) is 0 Å². The molecular formula is C18H18ClNO4. The van der Waals surface area contributed by atoms with Gasteiger partial charge in [0.15, 0.2) is 6.10 Å². The highest BCUT2D eigenvalue weighted by molar-refractivity contribution is 6.31. The van der Waals surface area contributed by atoms with E-state index in [1.807, 2.05) is 6.92 Å². The highest BCUT2D eigenvalue weighted by Gasteiger charge is 2.19. The van der Waals surface area contributed by atoms with Gasteiger partial charge < -0.3 is 15.2 Å². The number of carbonyl (C=O) groups is 2. The third-order valence-corrected chi connectivity index (χ3v) is 3.72. The van der Waals surface area contributed by atoms with E-state index in [2.05, 4.69) is 5.32 Å². The van der Waals surface area contributed by atoms with Crippen LogP contribution < -0.4 is 5.32 Å². The van der Waals surface area contributed by atoms with Gasteiger partial charge in [-0.05, 0) is 49.2 Å². The van der Waals surface area contributed by atoms with Crippen LogP contribution in [-0.4, -0.2) is 23.1 Å². The molecule has 0 heterocycles. The summed E-state index contributed by atoms with van der Waals surface area (Å²) in [5.74, 6) is -1.05. The summed E-state index contributed by atoms with van der Waals surface area (Å²) in [6.07, 6.45) is -0.964. The number of amides is 1. The molecular weight excluding hydrogens is 330 g/mol. The second-order valence-electron chi connectivity index (χ2n) is 5.35. The van der Waals surface area contributed by atoms with Crippen molar-refractivity contribution in [3.05, 3.63) is 64.2 Å². The van der Waals surface area contributed by atoms with E-state index in [1.165, 1.54) is 6.92 Å². The van der Waals surface area contributed by atoms with Crippen LogP contribution in [0.3, 0.4) is 0 Å². The molecule has 5 nitrogen and oxygen atoms in total. The fourth-order valence-electron chi connectivity index (χ4n) is 1.99. The maximum atomic E-state index is 12.2. The maximum absolute atomic E-state index is 12.2. The molecule has 0 aliphatic heterocycles. The van der Waals surface area contributed by atoms with Crippen molar-refractivity contribution in [1.82, 2.24) is 0 Å². The molecule has 0 spiro atoms. The fraction of sp³-hybridized carbons (Fsp3) is 0.222. The zero-order valence-corrected chi connectivity index (χ0v) is 14.1. The van der Waals surface area contributed by atoms with E-state index in [9.17, 15) is 9.59 Å². The summed E-state index contributed by atoms with van der Waals surface area (Å²) in [6.45, 7) is 3.23. The molecule has 0 radical (unpaired) electrons. The lowest BCUT2D eigenvalue weighted by atomic mass is 10.1. The van der Waals surface area contributed by atoms with Crippen molar-refractivity contribution in [3.8, 4) is 0 Å². The van der Waals surface area contributed by atoms with Gasteiger partial charge in [0, 0.05) is 10.7 Å². The van der Waals surface area contributed by atoms with Gasteiger partial charge in [-0.15, -0.1) is 0 Å². The Kier molecular flexibility index (Phi) is 5.95. The molecule has 0 aliphatic rings. The first-order valence-corrected chi connectivity index (χ1v) is 7.76. The number of esters is 1. The molecule has 0 bridgehead atoms. The van der Waals surface area contributed by atoms with Crippen molar-refractivity contribution in [3.63, 3.8) is 0 Å². The lowest BCUT2D eigenvalue weighted by Gasteiger charge is -2.15. The van der Waals surface area contributed by atoms with Crippen molar-refractivity contribution < 1.29 is 19.4 Å². The van der Waals surface area contributed by atoms with Crippen molar-refractivity contribution in [2.75, 3.05) is 5.32 Å². The molecule has 0 aliphatic carbocycles. The summed E-state index contributed by atoms with van der Waals surface area (Å²) in [5, 5.41) is 12.2. The quantitative estimate of drug-likeness (QED) is 0.813. The maximum Gasteiger partial charge on any atom is 0.338 e. The van der Waals surface area contributed by atoms with E-state index in [0.29, 0.717) is 21.8 Å². The largest absolute Gasteiger partial charge is 0.449 e. The van der Waals surface area contributed by atoms with E-state index in [4.69, 9.17) is 21.4 Å². The predicted octanol–water partition coefficient (Wildman–Crippen LogP) is 3.32. The van der Waals surface area contributed by atoms with Gasteiger partial charge in [-0.25, -0.2) is 4.79 Å². The number of aliphatic hydroxyl groups is 1. The van der Waals surface area contributed by atoms with Gasteiger partial charge in [-0.1, -0.05) is 29.8 Å². The molecule has 2 aromatic carbocycles. The average molecular weight is 348 g/mol. The monoisotopic (exact) mass is 347 g/mol. The first-order valence-electron chi connectivity index (χ1n) is 7.38. The van der Waals surface area contributed by atoms with Gasteiger partial charge in [-0.2, -0.15) is 0 Å². The summed E-state index contributed by atoms with van der Waals surface area (Å²) in [6, 6.07) is 11.5. The van der Waals surface area contributed by atoms with Gasteiger partial charge in [-0.3, -0.25) is 4.79 Å². The molecule has 0 aromatic heterocycles. The molecule has 2 rings (SSSR count). The smallest absolute Gasteiger partial charge is 0.338 e. The number of aliphatic hydroxyl groups excluding tert-OH is 1. The minimum Gasteiger partial charge on any atom is -0.449 e. The molecule has 0 fully saturated rings. The fourth-order valence-corrected chi connectivity index (χ4v) is 2.16. The number of rotatable bonds is 5. The molecule has 0 saturated heterocycles. The van der Waals surface area contributed by atoms with E-state index in [0.717, 1.165) is 5.56 Å². The number of hydrogen-bond acceptors (Lipinski definition) is 4. The lowest BCUT2D eigenvalue weighted by molar-refractivity contribution is -0.123. The van der Waals surface area contributed by atoms with E-state index >= 15 is 0 Å². The molecule has 126 valence electrons. The Bertz CT molecular complexity index is 743. The summed E-state index contributed by atoms with van der Waals surface area (Å²) < 4.78 is 5.17. The summed E-state index contributed by atoms with van der Waals surface area (Å²) in [5.41, 5.74) is 2.42. The van der Waals surface area contributed by atoms with Gasteiger partial charge in [0.1, 0.15) is 0 Å². The van der Waals surface area contributed by atoms with Crippen molar-refractivity contribution in [2.45, 2.75) is 26.6 Å². The Morgan fingerprint density at radius 1 is 1.21 bits per heavy atom. The molecule has 0 saturated carbocycles. The van der Waals surface area contributed by atoms with E-state index in [-0.39, 0.29) is 6.61 Å². The second-order valence-corrected chi connectivity index (χ2v) is 5.79. The third kappa shape index (κ3) is 4.57. The summed E-state index contributed by atoms with van der Waals surface area (Å²) >= 11 is 5.91. The van der Waals surface area contributed by atoms with Crippen LogP contribution in [0.15, 0.2) is 42.5 Å².